The number of thioether (sulfide) groups is 1. The molecule has 0 aliphatic heterocycles. The molecule has 16 heavy (non-hydrogen) atoms. The standard InChI is InChI=1S/C11H14ClNO2S/c1-11(16-3,10(14)15-2)7-4-5-9(13)8(12)6-7/h4-6H,13H2,1-3H3. The van der Waals surface area contributed by atoms with Crippen molar-refractivity contribution >= 4 is 35.0 Å². The molecule has 1 atom stereocenters. The number of esters is 1. The van der Waals surface area contributed by atoms with E-state index in [2.05, 4.69) is 0 Å². The molecule has 0 spiro atoms. The monoisotopic (exact) mass is 259 g/mol. The summed E-state index contributed by atoms with van der Waals surface area (Å²) in [6.45, 7) is 1.80. The van der Waals surface area contributed by atoms with Crippen LogP contribution in [0.15, 0.2) is 18.2 Å². The Morgan fingerprint density at radius 3 is 2.62 bits per heavy atom. The lowest BCUT2D eigenvalue weighted by atomic mass is 10.00. The summed E-state index contributed by atoms with van der Waals surface area (Å²) in [5.74, 6) is -0.305. The third-order valence-electron chi connectivity index (χ3n) is 2.53. The van der Waals surface area contributed by atoms with Crippen LogP contribution in [0.4, 0.5) is 5.69 Å². The molecule has 5 heteroatoms. The second-order valence-electron chi connectivity index (χ2n) is 3.47. The molecule has 1 rings (SSSR count). The normalized spacial score (nSPS) is 14.2. The van der Waals surface area contributed by atoms with Crippen LogP contribution in [0, 0.1) is 0 Å². The average Bonchev–Trinajstić information content (AvgIpc) is 2.30. The Balaban J connectivity index is 3.23. The van der Waals surface area contributed by atoms with Crippen molar-refractivity contribution in [3.8, 4) is 0 Å². The maximum Gasteiger partial charge on any atom is 0.326 e. The van der Waals surface area contributed by atoms with E-state index in [1.165, 1.54) is 18.9 Å². The van der Waals surface area contributed by atoms with E-state index in [0.29, 0.717) is 10.7 Å². The van der Waals surface area contributed by atoms with Crippen molar-refractivity contribution in [2.45, 2.75) is 11.7 Å². The molecule has 0 fully saturated rings. The molecule has 0 aliphatic carbocycles. The van der Waals surface area contributed by atoms with Gasteiger partial charge in [-0.15, -0.1) is 11.8 Å². The summed E-state index contributed by atoms with van der Waals surface area (Å²) < 4.78 is 4.04. The maximum absolute atomic E-state index is 11.7. The van der Waals surface area contributed by atoms with Crippen molar-refractivity contribution in [3.05, 3.63) is 28.8 Å². The smallest absolute Gasteiger partial charge is 0.326 e. The lowest BCUT2D eigenvalue weighted by molar-refractivity contribution is -0.143. The fourth-order valence-corrected chi connectivity index (χ4v) is 2.13. The average molecular weight is 260 g/mol. The van der Waals surface area contributed by atoms with E-state index in [1.54, 1.807) is 25.1 Å². The summed E-state index contributed by atoms with van der Waals surface area (Å²) >= 11 is 7.34. The van der Waals surface area contributed by atoms with Crippen LogP contribution < -0.4 is 5.73 Å². The Labute approximate surface area is 104 Å². The fourth-order valence-electron chi connectivity index (χ4n) is 1.34. The second kappa shape index (κ2) is 4.97. The van der Waals surface area contributed by atoms with Crippen molar-refractivity contribution in [1.29, 1.82) is 0 Å². The van der Waals surface area contributed by atoms with E-state index < -0.39 is 4.75 Å². The molecule has 1 unspecified atom stereocenters. The van der Waals surface area contributed by atoms with Gasteiger partial charge in [-0.1, -0.05) is 17.7 Å². The summed E-state index contributed by atoms with van der Waals surface area (Å²) in [7, 11) is 1.37. The molecule has 0 saturated carbocycles. The van der Waals surface area contributed by atoms with Gasteiger partial charge in [-0.25, -0.2) is 0 Å². The van der Waals surface area contributed by atoms with Crippen LogP contribution in [-0.2, 0) is 14.3 Å². The summed E-state index contributed by atoms with van der Waals surface area (Å²) in [6, 6.07) is 5.17. The zero-order chi connectivity index (χ0) is 12.3. The van der Waals surface area contributed by atoms with Crippen molar-refractivity contribution in [2.75, 3.05) is 19.1 Å². The van der Waals surface area contributed by atoms with Gasteiger partial charge in [-0.05, 0) is 30.9 Å². The lowest BCUT2D eigenvalue weighted by Crippen LogP contribution is -2.30. The highest BCUT2D eigenvalue weighted by Crippen LogP contribution is 2.37. The van der Waals surface area contributed by atoms with Crippen molar-refractivity contribution in [3.63, 3.8) is 0 Å². The summed E-state index contributed by atoms with van der Waals surface area (Å²) in [5.41, 5.74) is 6.91. The number of ether oxygens (including phenoxy) is 1. The van der Waals surface area contributed by atoms with Gasteiger partial charge in [-0.3, -0.25) is 4.79 Å². The highest BCUT2D eigenvalue weighted by molar-refractivity contribution is 8.00. The number of anilines is 1. The van der Waals surface area contributed by atoms with Crippen LogP contribution in [0.5, 0.6) is 0 Å². The molecule has 0 aliphatic rings. The maximum atomic E-state index is 11.7. The topological polar surface area (TPSA) is 52.3 Å². The minimum atomic E-state index is -0.758. The molecule has 88 valence electrons. The van der Waals surface area contributed by atoms with Gasteiger partial charge in [0.05, 0.1) is 17.8 Å². The van der Waals surface area contributed by atoms with Gasteiger partial charge in [0.1, 0.15) is 4.75 Å². The van der Waals surface area contributed by atoms with Gasteiger partial charge in [0.15, 0.2) is 0 Å². The molecule has 0 radical (unpaired) electrons. The number of benzene rings is 1. The van der Waals surface area contributed by atoms with Gasteiger partial charge in [0.2, 0.25) is 0 Å². The Kier molecular flexibility index (Phi) is 4.10. The zero-order valence-electron chi connectivity index (χ0n) is 9.41. The Morgan fingerprint density at radius 2 is 2.19 bits per heavy atom. The van der Waals surface area contributed by atoms with Crippen LogP contribution in [-0.4, -0.2) is 19.3 Å². The number of carbonyl (C=O) groups excluding carboxylic acids is 1. The van der Waals surface area contributed by atoms with E-state index in [1.807, 2.05) is 6.26 Å². The molecule has 0 aromatic heterocycles. The number of methoxy groups -OCH3 is 1. The van der Waals surface area contributed by atoms with Crippen molar-refractivity contribution in [1.82, 2.24) is 0 Å². The van der Waals surface area contributed by atoms with Crippen LogP contribution in [0.3, 0.4) is 0 Å². The largest absolute Gasteiger partial charge is 0.468 e. The lowest BCUT2D eigenvalue weighted by Gasteiger charge is -2.25. The number of nitrogens with two attached hydrogens (primary N) is 1. The first kappa shape index (κ1) is 13.2. The van der Waals surface area contributed by atoms with Crippen molar-refractivity contribution in [2.24, 2.45) is 0 Å². The first-order valence-electron chi connectivity index (χ1n) is 4.64. The fraction of sp³-hybridized carbons (Fsp3) is 0.364. The van der Waals surface area contributed by atoms with Crippen LogP contribution in [0.2, 0.25) is 5.02 Å². The van der Waals surface area contributed by atoms with Crippen molar-refractivity contribution < 1.29 is 9.53 Å². The Morgan fingerprint density at radius 1 is 1.56 bits per heavy atom. The molecule has 1 aromatic rings. The number of hydrogen-bond donors (Lipinski definition) is 1. The molecule has 3 nitrogen and oxygen atoms in total. The summed E-state index contributed by atoms with van der Waals surface area (Å²) in [5, 5.41) is 0.446. The van der Waals surface area contributed by atoms with Gasteiger partial charge in [0, 0.05) is 0 Å². The molecular formula is C11H14ClNO2S. The molecule has 2 N–H and O–H groups in total. The SMILES string of the molecule is COC(=O)C(C)(SC)c1ccc(N)c(Cl)c1. The van der Waals surface area contributed by atoms with E-state index in [0.717, 1.165) is 5.56 Å². The van der Waals surface area contributed by atoms with Gasteiger partial charge in [-0.2, -0.15) is 0 Å². The summed E-state index contributed by atoms with van der Waals surface area (Å²) in [6.07, 6.45) is 1.85. The predicted molar refractivity (Wildman–Crippen MR) is 68.7 cm³/mol. The molecule has 0 bridgehead atoms. The van der Waals surface area contributed by atoms with E-state index >= 15 is 0 Å². The van der Waals surface area contributed by atoms with Crippen LogP contribution in [0.25, 0.3) is 0 Å². The minimum absolute atomic E-state index is 0.305. The quantitative estimate of drug-likeness (QED) is 0.670. The highest BCUT2D eigenvalue weighted by Gasteiger charge is 2.35. The molecule has 0 amide bonds. The Hall–Kier alpha value is -0.870. The zero-order valence-corrected chi connectivity index (χ0v) is 11.0. The Bertz CT molecular complexity index is 411. The first-order chi connectivity index (χ1) is 7.45. The first-order valence-corrected chi connectivity index (χ1v) is 6.25. The number of rotatable bonds is 3. The van der Waals surface area contributed by atoms with E-state index in [4.69, 9.17) is 22.1 Å². The number of nitrogen functional groups attached to an aromatic ring is 1. The van der Waals surface area contributed by atoms with Gasteiger partial charge < -0.3 is 10.5 Å². The third kappa shape index (κ3) is 2.28. The van der Waals surface area contributed by atoms with E-state index in [9.17, 15) is 4.79 Å². The highest BCUT2D eigenvalue weighted by atomic mass is 35.5. The van der Waals surface area contributed by atoms with Crippen LogP contribution >= 0.6 is 23.4 Å². The third-order valence-corrected chi connectivity index (χ3v) is 4.08. The van der Waals surface area contributed by atoms with E-state index in [-0.39, 0.29) is 5.97 Å². The molecule has 0 saturated heterocycles. The number of halogens is 1. The molecule has 0 heterocycles. The number of carbonyl (C=O) groups is 1. The molecule has 1 aromatic carbocycles. The van der Waals surface area contributed by atoms with Gasteiger partial charge in [0.25, 0.3) is 0 Å². The summed E-state index contributed by atoms with van der Waals surface area (Å²) in [4.78, 5) is 11.7. The van der Waals surface area contributed by atoms with Crippen LogP contribution in [0.1, 0.15) is 12.5 Å². The second-order valence-corrected chi connectivity index (χ2v) is 5.10. The molecular weight excluding hydrogens is 246 g/mol. The minimum Gasteiger partial charge on any atom is -0.468 e. The predicted octanol–water partition coefficient (Wildman–Crippen LogP) is 2.67. The van der Waals surface area contributed by atoms with Gasteiger partial charge >= 0.3 is 5.97 Å². The number of hydrogen-bond acceptors (Lipinski definition) is 4.